The van der Waals surface area contributed by atoms with E-state index in [-0.39, 0.29) is 29.9 Å². The fourth-order valence-electron chi connectivity index (χ4n) is 2.83. The summed E-state index contributed by atoms with van der Waals surface area (Å²) >= 11 is 1.71. The number of aliphatic imine (C=N–C) groups is 1. The van der Waals surface area contributed by atoms with Crippen LogP contribution in [0.2, 0.25) is 0 Å². The molecule has 1 amide bonds. The average molecular weight is 488 g/mol. The zero-order valence-corrected chi connectivity index (χ0v) is 18.2. The van der Waals surface area contributed by atoms with Crippen molar-refractivity contribution in [3.63, 3.8) is 0 Å². The lowest BCUT2D eigenvalue weighted by atomic mass is 10.2. The van der Waals surface area contributed by atoms with E-state index < -0.39 is 0 Å². The Labute approximate surface area is 175 Å². The number of halogens is 1. The minimum Gasteiger partial charge on any atom is -0.357 e. The Morgan fingerprint density at radius 1 is 1.42 bits per heavy atom. The van der Waals surface area contributed by atoms with Crippen molar-refractivity contribution in [2.75, 3.05) is 37.6 Å². The van der Waals surface area contributed by atoms with Crippen LogP contribution in [0.25, 0.3) is 0 Å². The van der Waals surface area contributed by atoms with Crippen LogP contribution in [0.1, 0.15) is 12.5 Å². The highest BCUT2D eigenvalue weighted by Crippen LogP contribution is 2.16. The van der Waals surface area contributed by atoms with Gasteiger partial charge in [-0.1, -0.05) is 0 Å². The molecule has 2 aromatic rings. The van der Waals surface area contributed by atoms with Crippen LogP contribution in [-0.2, 0) is 18.3 Å². The molecule has 1 aliphatic rings. The summed E-state index contributed by atoms with van der Waals surface area (Å²) in [6, 6.07) is 2.13. The molecule has 3 heterocycles. The van der Waals surface area contributed by atoms with Crippen LogP contribution < -0.4 is 10.2 Å². The van der Waals surface area contributed by atoms with Crippen molar-refractivity contribution < 1.29 is 4.79 Å². The van der Waals surface area contributed by atoms with Crippen LogP contribution in [0.4, 0.5) is 5.69 Å². The van der Waals surface area contributed by atoms with Gasteiger partial charge in [-0.05, 0) is 35.7 Å². The highest BCUT2D eigenvalue weighted by Gasteiger charge is 2.27. The lowest BCUT2D eigenvalue weighted by Gasteiger charge is -2.35. The molecule has 0 atom stereocenters. The van der Waals surface area contributed by atoms with Crippen LogP contribution in [0.3, 0.4) is 0 Å². The van der Waals surface area contributed by atoms with Crippen LogP contribution in [0.15, 0.2) is 34.2 Å². The fraction of sp³-hybridized carbons (Fsp3) is 0.471. The van der Waals surface area contributed by atoms with Gasteiger partial charge in [0.1, 0.15) is 6.54 Å². The van der Waals surface area contributed by atoms with Gasteiger partial charge in [-0.3, -0.25) is 14.5 Å². The summed E-state index contributed by atoms with van der Waals surface area (Å²) in [6.45, 7) is 5.27. The molecule has 26 heavy (non-hydrogen) atoms. The monoisotopic (exact) mass is 488 g/mol. The Morgan fingerprint density at radius 3 is 2.88 bits per heavy atom. The normalized spacial score (nSPS) is 15.2. The quantitative estimate of drug-likeness (QED) is 0.397. The third-order valence-electron chi connectivity index (χ3n) is 4.10. The van der Waals surface area contributed by atoms with Gasteiger partial charge >= 0.3 is 0 Å². The Balaban J connectivity index is 0.00000243. The fourth-order valence-corrected chi connectivity index (χ4v) is 3.53. The Hall–Kier alpha value is -1.62. The van der Waals surface area contributed by atoms with E-state index in [0.29, 0.717) is 13.1 Å². The number of nitrogens with one attached hydrogen (secondary N) is 1. The number of nitrogens with zero attached hydrogens (tertiary/aromatic N) is 5. The molecule has 0 saturated carbocycles. The summed E-state index contributed by atoms with van der Waals surface area (Å²) in [5.41, 5.74) is 2.16. The van der Waals surface area contributed by atoms with Gasteiger partial charge in [-0.2, -0.15) is 16.4 Å². The van der Waals surface area contributed by atoms with Crippen molar-refractivity contribution in [2.24, 2.45) is 12.0 Å². The van der Waals surface area contributed by atoms with Crippen molar-refractivity contribution >= 4 is 52.9 Å². The maximum absolute atomic E-state index is 12.5. The molecule has 1 N–H and O–H groups in total. The van der Waals surface area contributed by atoms with E-state index in [9.17, 15) is 4.79 Å². The highest BCUT2D eigenvalue weighted by atomic mass is 127. The maximum atomic E-state index is 12.5. The number of carbonyl (C=O) groups excluding carboxylic acids is 1. The molecule has 2 aromatic heterocycles. The minimum absolute atomic E-state index is 0. The molecule has 1 saturated heterocycles. The molecule has 0 aliphatic carbocycles. The third-order valence-corrected chi connectivity index (χ3v) is 4.83. The van der Waals surface area contributed by atoms with E-state index in [2.05, 4.69) is 27.2 Å². The largest absolute Gasteiger partial charge is 0.357 e. The Morgan fingerprint density at radius 2 is 2.27 bits per heavy atom. The van der Waals surface area contributed by atoms with Crippen LogP contribution in [0, 0.1) is 0 Å². The molecule has 0 spiro atoms. The Bertz CT molecular complexity index is 729. The smallest absolute Gasteiger partial charge is 0.246 e. The molecule has 142 valence electrons. The molecule has 0 bridgehead atoms. The van der Waals surface area contributed by atoms with Gasteiger partial charge in [-0.25, -0.2) is 0 Å². The SMILES string of the molecule is CCNC(=NCCc1ccsc1)N1CCN(c2cnn(C)c2)C(=O)C1.I. The number of guanidine groups is 1. The van der Waals surface area contributed by atoms with Crippen molar-refractivity contribution in [1.29, 1.82) is 0 Å². The standard InChI is InChI=1S/C17H24N6OS.HI/c1-3-18-17(19-6-4-14-5-9-25-13-14)22-7-8-23(16(24)12-22)15-10-20-21(2)11-15;/h5,9-11,13H,3-4,6-8,12H2,1-2H3,(H,18,19);1H. The van der Waals surface area contributed by atoms with E-state index in [1.54, 1.807) is 27.1 Å². The molecule has 0 aromatic carbocycles. The first-order valence-electron chi connectivity index (χ1n) is 8.50. The molecule has 3 rings (SSSR count). The number of hydrogen-bond donors (Lipinski definition) is 1. The van der Waals surface area contributed by atoms with E-state index >= 15 is 0 Å². The predicted octanol–water partition coefficient (Wildman–Crippen LogP) is 1.96. The molecular weight excluding hydrogens is 463 g/mol. The molecule has 7 nitrogen and oxygen atoms in total. The first kappa shape index (κ1) is 20.7. The van der Waals surface area contributed by atoms with Crippen LogP contribution in [-0.4, -0.2) is 59.3 Å². The molecule has 9 heteroatoms. The zero-order chi connectivity index (χ0) is 17.6. The number of carbonyl (C=O) groups is 1. The maximum Gasteiger partial charge on any atom is 0.246 e. The van der Waals surface area contributed by atoms with E-state index in [1.807, 2.05) is 25.1 Å². The van der Waals surface area contributed by atoms with Gasteiger partial charge in [0.2, 0.25) is 5.91 Å². The summed E-state index contributed by atoms with van der Waals surface area (Å²) in [5, 5.41) is 11.7. The lowest BCUT2D eigenvalue weighted by Crippen LogP contribution is -2.55. The first-order chi connectivity index (χ1) is 12.2. The van der Waals surface area contributed by atoms with Crippen molar-refractivity contribution in [1.82, 2.24) is 20.0 Å². The summed E-state index contributed by atoms with van der Waals surface area (Å²) in [6.07, 6.45) is 4.52. The number of piperazine rings is 1. The number of thiophene rings is 1. The van der Waals surface area contributed by atoms with Gasteiger partial charge in [0.15, 0.2) is 5.96 Å². The predicted molar refractivity (Wildman–Crippen MR) is 117 cm³/mol. The summed E-state index contributed by atoms with van der Waals surface area (Å²) in [7, 11) is 1.85. The molecule has 1 fully saturated rings. The van der Waals surface area contributed by atoms with Crippen LogP contribution in [0.5, 0.6) is 0 Å². The molecule has 0 unspecified atom stereocenters. The number of anilines is 1. The molecular formula is C17H25IN6OS. The van der Waals surface area contributed by atoms with E-state index in [1.165, 1.54) is 5.56 Å². The van der Waals surface area contributed by atoms with Gasteiger partial charge in [0.05, 0.1) is 11.9 Å². The van der Waals surface area contributed by atoms with Crippen molar-refractivity contribution in [2.45, 2.75) is 13.3 Å². The van der Waals surface area contributed by atoms with Gasteiger partial charge < -0.3 is 15.1 Å². The van der Waals surface area contributed by atoms with Gasteiger partial charge in [0.25, 0.3) is 0 Å². The van der Waals surface area contributed by atoms with Crippen molar-refractivity contribution in [3.05, 3.63) is 34.8 Å². The zero-order valence-electron chi connectivity index (χ0n) is 15.1. The van der Waals surface area contributed by atoms with E-state index in [4.69, 9.17) is 4.99 Å². The summed E-state index contributed by atoms with van der Waals surface area (Å²) in [4.78, 5) is 21.1. The number of rotatable bonds is 5. The minimum atomic E-state index is 0. The number of hydrogen-bond acceptors (Lipinski definition) is 4. The average Bonchev–Trinajstić information content (AvgIpc) is 3.26. The topological polar surface area (TPSA) is 65.8 Å². The molecule has 0 radical (unpaired) electrons. The van der Waals surface area contributed by atoms with Crippen LogP contribution >= 0.6 is 35.3 Å². The summed E-state index contributed by atoms with van der Waals surface area (Å²) in [5.74, 6) is 0.889. The number of aryl methyl sites for hydroxylation is 1. The van der Waals surface area contributed by atoms with Gasteiger partial charge in [0, 0.05) is 39.4 Å². The lowest BCUT2D eigenvalue weighted by molar-refractivity contribution is -0.120. The second-order valence-electron chi connectivity index (χ2n) is 5.96. The highest BCUT2D eigenvalue weighted by molar-refractivity contribution is 14.0. The van der Waals surface area contributed by atoms with E-state index in [0.717, 1.165) is 37.7 Å². The summed E-state index contributed by atoms with van der Waals surface area (Å²) < 4.78 is 1.71. The third kappa shape index (κ3) is 5.19. The van der Waals surface area contributed by atoms with Gasteiger partial charge in [-0.15, -0.1) is 24.0 Å². The Kier molecular flexibility index (Phi) is 7.88. The number of amides is 1. The van der Waals surface area contributed by atoms with Crippen molar-refractivity contribution in [3.8, 4) is 0 Å². The first-order valence-corrected chi connectivity index (χ1v) is 9.45. The number of aromatic nitrogens is 2. The molecule has 1 aliphatic heterocycles. The second kappa shape index (κ2) is 9.91. The second-order valence-corrected chi connectivity index (χ2v) is 6.74.